The minimum Gasteiger partial charge on any atom is -0.379 e. The highest BCUT2D eigenvalue weighted by Gasteiger charge is 2.21. The lowest BCUT2D eigenvalue weighted by Crippen LogP contribution is -2.35. The van der Waals surface area contributed by atoms with E-state index in [9.17, 15) is 4.79 Å². The van der Waals surface area contributed by atoms with Gasteiger partial charge in [-0.15, -0.1) is 0 Å². The van der Waals surface area contributed by atoms with Crippen LogP contribution in [0.2, 0.25) is 0 Å². The molecule has 2 fully saturated rings. The van der Waals surface area contributed by atoms with E-state index in [2.05, 4.69) is 32.4 Å². The molecular formula is C25H27N5O3. The van der Waals surface area contributed by atoms with Crippen LogP contribution in [-0.2, 0) is 20.8 Å². The van der Waals surface area contributed by atoms with Crippen LogP contribution < -0.4 is 5.32 Å². The van der Waals surface area contributed by atoms with E-state index in [1.807, 2.05) is 35.3 Å². The summed E-state index contributed by atoms with van der Waals surface area (Å²) in [6.45, 7) is 5.77. The Hall–Kier alpha value is -3.33. The van der Waals surface area contributed by atoms with Crippen LogP contribution in [0.15, 0.2) is 61.2 Å². The summed E-state index contributed by atoms with van der Waals surface area (Å²) in [6.07, 6.45) is 10.7. The van der Waals surface area contributed by atoms with Crippen molar-refractivity contribution in [2.45, 2.75) is 12.6 Å². The van der Waals surface area contributed by atoms with Gasteiger partial charge in [-0.05, 0) is 35.4 Å². The third kappa shape index (κ3) is 5.36. The predicted molar refractivity (Wildman–Crippen MR) is 126 cm³/mol. The van der Waals surface area contributed by atoms with Crippen molar-refractivity contribution in [3.8, 4) is 11.1 Å². The molecule has 0 saturated carbocycles. The summed E-state index contributed by atoms with van der Waals surface area (Å²) in [5.74, 6) is -0.187. The first-order valence-electron chi connectivity index (χ1n) is 11.2. The average Bonchev–Trinajstić information content (AvgIpc) is 3.28. The number of nitrogens with one attached hydrogen (secondary N) is 1. The second-order valence-electron chi connectivity index (χ2n) is 8.27. The monoisotopic (exact) mass is 445 g/mol. The SMILES string of the molecule is O=C(C=Cc1cnccc1-c1cnn(C2COC2)c1)Nc1ccc(CN2CCOCC2)cc1. The highest BCUT2D eigenvalue weighted by Crippen LogP contribution is 2.26. The summed E-state index contributed by atoms with van der Waals surface area (Å²) in [6, 6.07) is 10.2. The topological polar surface area (TPSA) is 81.5 Å². The maximum Gasteiger partial charge on any atom is 0.248 e. The molecule has 0 atom stereocenters. The van der Waals surface area contributed by atoms with Crippen LogP contribution >= 0.6 is 0 Å². The highest BCUT2D eigenvalue weighted by molar-refractivity contribution is 6.02. The second kappa shape index (κ2) is 10.1. The summed E-state index contributed by atoms with van der Waals surface area (Å²) >= 11 is 0. The Balaban J connectivity index is 1.21. The molecule has 3 aromatic rings. The molecule has 2 aromatic heterocycles. The van der Waals surface area contributed by atoms with E-state index in [1.54, 1.807) is 18.5 Å². The molecule has 1 amide bonds. The summed E-state index contributed by atoms with van der Waals surface area (Å²) in [5, 5.41) is 7.38. The van der Waals surface area contributed by atoms with Crippen molar-refractivity contribution in [1.29, 1.82) is 0 Å². The van der Waals surface area contributed by atoms with Crippen LogP contribution in [0.5, 0.6) is 0 Å². The number of pyridine rings is 1. The van der Waals surface area contributed by atoms with Gasteiger partial charge in [0.15, 0.2) is 0 Å². The number of ether oxygens (including phenoxy) is 2. The van der Waals surface area contributed by atoms with Crippen molar-refractivity contribution in [3.05, 3.63) is 72.3 Å². The maximum absolute atomic E-state index is 12.5. The first kappa shape index (κ1) is 21.5. The summed E-state index contributed by atoms with van der Waals surface area (Å²) < 4.78 is 12.6. The number of anilines is 1. The lowest BCUT2D eigenvalue weighted by atomic mass is 10.0. The Morgan fingerprint density at radius 1 is 1.09 bits per heavy atom. The molecule has 0 spiro atoms. The molecule has 1 aromatic carbocycles. The van der Waals surface area contributed by atoms with Gasteiger partial charge in [0.2, 0.25) is 5.91 Å². The molecule has 8 heteroatoms. The predicted octanol–water partition coefficient (Wildman–Crippen LogP) is 3.00. The highest BCUT2D eigenvalue weighted by atomic mass is 16.5. The first-order chi connectivity index (χ1) is 16.2. The van der Waals surface area contributed by atoms with Crippen LogP contribution in [0.4, 0.5) is 5.69 Å². The van der Waals surface area contributed by atoms with Gasteiger partial charge in [-0.25, -0.2) is 0 Å². The quantitative estimate of drug-likeness (QED) is 0.563. The molecule has 33 heavy (non-hydrogen) atoms. The van der Waals surface area contributed by atoms with Gasteiger partial charge in [-0.2, -0.15) is 5.10 Å². The van der Waals surface area contributed by atoms with E-state index in [1.165, 1.54) is 11.6 Å². The molecule has 1 N–H and O–H groups in total. The van der Waals surface area contributed by atoms with Gasteiger partial charge in [0.05, 0.1) is 38.7 Å². The summed E-state index contributed by atoms with van der Waals surface area (Å²) in [4.78, 5) is 19.1. The number of nitrogens with zero attached hydrogens (tertiary/aromatic N) is 4. The molecule has 0 aliphatic carbocycles. The third-order valence-electron chi connectivity index (χ3n) is 5.90. The molecule has 2 saturated heterocycles. The Labute approximate surface area is 192 Å². The van der Waals surface area contributed by atoms with Crippen molar-refractivity contribution in [1.82, 2.24) is 19.7 Å². The van der Waals surface area contributed by atoms with Gasteiger partial charge in [-0.3, -0.25) is 19.4 Å². The zero-order valence-corrected chi connectivity index (χ0v) is 18.4. The van der Waals surface area contributed by atoms with Crippen molar-refractivity contribution >= 4 is 17.7 Å². The number of morpholine rings is 1. The van der Waals surface area contributed by atoms with Gasteiger partial charge in [-0.1, -0.05) is 12.1 Å². The molecule has 0 bridgehead atoms. The summed E-state index contributed by atoms with van der Waals surface area (Å²) in [5.41, 5.74) is 4.82. The lowest BCUT2D eigenvalue weighted by molar-refractivity contribution is -0.111. The molecular weight excluding hydrogens is 418 g/mol. The van der Waals surface area contributed by atoms with E-state index < -0.39 is 0 Å². The van der Waals surface area contributed by atoms with Crippen molar-refractivity contribution in [3.63, 3.8) is 0 Å². The molecule has 4 heterocycles. The number of hydrogen-bond donors (Lipinski definition) is 1. The number of hydrogen-bond acceptors (Lipinski definition) is 6. The number of carbonyl (C=O) groups excluding carboxylic acids is 1. The number of aromatic nitrogens is 3. The molecule has 0 unspecified atom stereocenters. The van der Waals surface area contributed by atoms with Crippen LogP contribution in [-0.4, -0.2) is 65.1 Å². The van der Waals surface area contributed by atoms with Crippen molar-refractivity contribution < 1.29 is 14.3 Å². The number of carbonyl (C=O) groups is 1. The van der Waals surface area contributed by atoms with Gasteiger partial charge in [0.1, 0.15) is 0 Å². The largest absolute Gasteiger partial charge is 0.379 e. The first-order valence-corrected chi connectivity index (χ1v) is 11.2. The number of benzene rings is 1. The van der Waals surface area contributed by atoms with Gasteiger partial charge >= 0.3 is 0 Å². The maximum atomic E-state index is 12.5. The van der Waals surface area contributed by atoms with E-state index in [4.69, 9.17) is 9.47 Å². The molecule has 5 rings (SSSR count). The average molecular weight is 446 g/mol. The minimum absolute atomic E-state index is 0.187. The normalized spacial score (nSPS) is 17.2. The van der Waals surface area contributed by atoms with Crippen molar-refractivity contribution in [2.75, 3.05) is 44.8 Å². The number of amides is 1. The van der Waals surface area contributed by atoms with Crippen molar-refractivity contribution in [2.24, 2.45) is 0 Å². The Kier molecular flexibility index (Phi) is 6.57. The summed E-state index contributed by atoms with van der Waals surface area (Å²) in [7, 11) is 0. The van der Waals surface area contributed by atoms with Gasteiger partial charge < -0.3 is 14.8 Å². The molecule has 2 aliphatic heterocycles. The van der Waals surface area contributed by atoms with E-state index in [-0.39, 0.29) is 5.91 Å². The van der Waals surface area contributed by atoms with E-state index in [0.717, 1.165) is 55.2 Å². The Morgan fingerprint density at radius 3 is 2.67 bits per heavy atom. The van der Waals surface area contributed by atoms with Crippen LogP contribution in [0.25, 0.3) is 17.2 Å². The lowest BCUT2D eigenvalue weighted by Gasteiger charge is -2.26. The molecule has 2 aliphatic rings. The van der Waals surface area contributed by atoms with Gasteiger partial charge in [0, 0.05) is 61.1 Å². The van der Waals surface area contributed by atoms with Crippen LogP contribution in [0, 0.1) is 0 Å². The Morgan fingerprint density at radius 2 is 1.91 bits per heavy atom. The molecule has 170 valence electrons. The fourth-order valence-corrected chi connectivity index (χ4v) is 3.92. The zero-order chi connectivity index (χ0) is 22.5. The van der Waals surface area contributed by atoms with E-state index in [0.29, 0.717) is 19.3 Å². The smallest absolute Gasteiger partial charge is 0.248 e. The second-order valence-corrected chi connectivity index (χ2v) is 8.27. The van der Waals surface area contributed by atoms with Crippen LogP contribution in [0.1, 0.15) is 17.2 Å². The van der Waals surface area contributed by atoms with Gasteiger partial charge in [0.25, 0.3) is 0 Å². The molecule has 0 radical (unpaired) electrons. The molecule has 8 nitrogen and oxygen atoms in total. The minimum atomic E-state index is -0.187. The number of rotatable bonds is 7. The van der Waals surface area contributed by atoms with E-state index >= 15 is 0 Å². The fraction of sp³-hybridized carbons (Fsp3) is 0.320. The zero-order valence-electron chi connectivity index (χ0n) is 18.4. The Bertz CT molecular complexity index is 1120. The third-order valence-corrected chi connectivity index (χ3v) is 5.90. The van der Waals surface area contributed by atoms with Crippen LogP contribution in [0.3, 0.4) is 0 Å². The standard InChI is InChI=1S/C25H27N5O3/c31-25(28-22-4-1-19(2-5-22)15-29-9-11-32-12-10-29)6-3-20-13-26-8-7-24(20)21-14-27-30(16-21)23-17-33-18-23/h1-8,13-14,16,23H,9-12,15,17-18H2,(H,28,31). The fourth-order valence-electron chi connectivity index (χ4n) is 3.92.